The first-order chi connectivity index (χ1) is 9.05. The van der Waals surface area contributed by atoms with Crippen molar-refractivity contribution in [2.24, 2.45) is 0 Å². The lowest BCUT2D eigenvalue weighted by atomic mass is 9.95. The molecule has 0 fully saturated rings. The first kappa shape index (κ1) is 16.5. The summed E-state index contributed by atoms with van der Waals surface area (Å²) in [5, 5.41) is 16.8. The van der Waals surface area contributed by atoms with Crippen molar-refractivity contribution in [2.75, 3.05) is 0 Å². The zero-order valence-electron chi connectivity index (χ0n) is 10.1. The van der Waals surface area contributed by atoms with E-state index in [4.69, 9.17) is 16.7 Å². The third kappa shape index (κ3) is 3.49. The van der Waals surface area contributed by atoms with E-state index in [1.54, 1.807) is 0 Å². The average Bonchev–Trinajstić information content (AvgIpc) is 2.34. The smallest absolute Gasteiger partial charge is 0.416 e. The Balaban J connectivity index is 3.46. The molecule has 1 aromatic carbocycles. The summed E-state index contributed by atoms with van der Waals surface area (Å²) in [6.45, 7) is 1.10. The number of halogens is 4. The Bertz CT molecular complexity index is 542. The van der Waals surface area contributed by atoms with Crippen LogP contribution in [-0.4, -0.2) is 22.0 Å². The van der Waals surface area contributed by atoms with Crippen molar-refractivity contribution in [3.05, 3.63) is 34.9 Å². The van der Waals surface area contributed by atoms with Crippen molar-refractivity contribution in [1.82, 2.24) is 0 Å². The highest BCUT2D eigenvalue weighted by Gasteiger charge is 2.34. The molecule has 0 saturated heterocycles. The van der Waals surface area contributed by atoms with Crippen LogP contribution in [0.2, 0.25) is 0 Å². The lowest BCUT2D eigenvalue weighted by Crippen LogP contribution is -2.17. The van der Waals surface area contributed by atoms with E-state index in [0.717, 1.165) is 13.0 Å². The highest BCUT2D eigenvalue weighted by Crippen LogP contribution is 2.35. The van der Waals surface area contributed by atoms with Gasteiger partial charge in [-0.25, -0.2) is 4.79 Å². The zero-order chi connectivity index (χ0) is 15.7. The molecular weight excluding hydrogens is 301 g/mol. The van der Waals surface area contributed by atoms with E-state index < -0.39 is 40.5 Å². The van der Waals surface area contributed by atoms with E-state index in [-0.39, 0.29) is 5.56 Å². The number of alkyl halides is 4. The second kappa shape index (κ2) is 5.80. The van der Waals surface area contributed by atoms with Crippen molar-refractivity contribution in [1.29, 1.82) is 0 Å². The number of carbonyl (C=O) groups is 2. The van der Waals surface area contributed by atoms with Gasteiger partial charge >= 0.3 is 12.1 Å². The summed E-state index contributed by atoms with van der Waals surface area (Å²) < 4.78 is 37.8. The Morgan fingerprint density at radius 1 is 1.25 bits per heavy atom. The predicted molar refractivity (Wildman–Crippen MR) is 63.3 cm³/mol. The number of carboxylic acid groups (broad SMARTS) is 1. The number of Topliss-reactive ketones (excluding diaryl/α,β-unsaturated/α-hetero) is 1. The van der Waals surface area contributed by atoms with Crippen LogP contribution in [0, 0.1) is 0 Å². The molecule has 1 aromatic rings. The molecule has 0 aromatic heterocycles. The number of hydrogen-bond acceptors (Lipinski definition) is 3. The van der Waals surface area contributed by atoms with Gasteiger partial charge in [0.15, 0.2) is 11.9 Å². The van der Waals surface area contributed by atoms with Crippen LogP contribution >= 0.6 is 11.6 Å². The van der Waals surface area contributed by atoms with Crippen LogP contribution in [-0.2, 0) is 15.8 Å². The van der Waals surface area contributed by atoms with E-state index in [0.29, 0.717) is 12.1 Å². The van der Waals surface area contributed by atoms with Gasteiger partial charge in [0, 0.05) is 0 Å². The maximum atomic E-state index is 12.6. The van der Waals surface area contributed by atoms with Crippen molar-refractivity contribution >= 4 is 23.4 Å². The molecule has 1 rings (SSSR count). The molecule has 0 saturated carbocycles. The summed E-state index contributed by atoms with van der Waals surface area (Å²) in [5.41, 5.74) is -1.85. The minimum Gasteiger partial charge on any atom is -0.479 e. The number of carboxylic acids is 1. The summed E-state index contributed by atoms with van der Waals surface area (Å²) >= 11 is 5.73. The van der Waals surface area contributed by atoms with Gasteiger partial charge in [0.2, 0.25) is 0 Å². The lowest BCUT2D eigenvalue weighted by Gasteiger charge is -2.17. The van der Waals surface area contributed by atoms with E-state index in [2.05, 4.69) is 0 Å². The van der Waals surface area contributed by atoms with Crippen molar-refractivity contribution in [3.63, 3.8) is 0 Å². The van der Waals surface area contributed by atoms with Crippen LogP contribution in [0.15, 0.2) is 18.2 Å². The highest BCUT2D eigenvalue weighted by molar-refractivity contribution is 6.31. The number of hydrogen-bond donors (Lipinski definition) is 2. The summed E-state index contributed by atoms with van der Waals surface area (Å²) in [7, 11) is 0. The molecule has 0 bridgehead atoms. The highest BCUT2D eigenvalue weighted by atomic mass is 35.5. The van der Waals surface area contributed by atoms with Crippen molar-refractivity contribution in [2.45, 2.75) is 24.6 Å². The van der Waals surface area contributed by atoms with Crippen LogP contribution in [0.1, 0.15) is 35.1 Å². The Morgan fingerprint density at radius 3 is 2.20 bits per heavy atom. The molecule has 2 atom stereocenters. The molecule has 0 spiro atoms. The Morgan fingerprint density at radius 2 is 1.80 bits per heavy atom. The van der Waals surface area contributed by atoms with Gasteiger partial charge in [-0.1, -0.05) is 6.07 Å². The van der Waals surface area contributed by atoms with Crippen molar-refractivity contribution < 1.29 is 33.0 Å². The van der Waals surface area contributed by atoms with Gasteiger partial charge in [-0.2, -0.15) is 13.2 Å². The SMILES string of the molecule is CC(=O)C(Cl)c1ccc(C(F)(F)F)cc1C(O)C(=O)O. The van der Waals surface area contributed by atoms with Crippen LogP contribution in [0.25, 0.3) is 0 Å². The van der Waals surface area contributed by atoms with E-state index in [1.165, 1.54) is 0 Å². The number of aliphatic hydroxyl groups excluding tert-OH is 1. The monoisotopic (exact) mass is 310 g/mol. The second-order valence-electron chi connectivity index (χ2n) is 4.06. The van der Waals surface area contributed by atoms with Gasteiger partial charge < -0.3 is 10.2 Å². The lowest BCUT2D eigenvalue weighted by molar-refractivity contribution is -0.147. The van der Waals surface area contributed by atoms with E-state index >= 15 is 0 Å². The Kier molecular flexibility index (Phi) is 4.77. The minimum absolute atomic E-state index is 0.165. The molecule has 0 aliphatic rings. The topological polar surface area (TPSA) is 74.6 Å². The molecular formula is C12H10ClF3O4. The molecule has 0 aliphatic carbocycles. The molecule has 2 N–H and O–H groups in total. The summed E-state index contributed by atoms with van der Waals surface area (Å²) in [4.78, 5) is 21.9. The molecule has 0 amide bonds. The van der Waals surface area contributed by atoms with Crippen molar-refractivity contribution in [3.8, 4) is 0 Å². The molecule has 8 heteroatoms. The van der Waals surface area contributed by atoms with Gasteiger partial charge in [0.05, 0.1) is 5.56 Å². The van der Waals surface area contributed by atoms with E-state index in [1.807, 2.05) is 0 Å². The summed E-state index contributed by atoms with van der Waals surface area (Å²) in [5.74, 6) is -2.32. The molecule has 0 heterocycles. The van der Waals surface area contributed by atoms with Gasteiger partial charge in [-0.3, -0.25) is 4.79 Å². The quantitative estimate of drug-likeness (QED) is 0.839. The molecule has 4 nitrogen and oxygen atoms in total. The first-order valence-corrected chi connectivity index (χ1v) is 5.75. The zero-order valence-corrected chi connectivity index (χ0v) is 10.9. The van der Waals surface area contributed by atoms with Gasteiger partial charge in [-0.15, -0.1) is 11.6 Å². The fourth-order valence-electron chi connectivity index (χ4n) is 1.57. The third-order valence-corrected chi connectivity index (χ3v) is 3.11. The maximum Gasteiger partial charge on any atom is 0.416 e. The van der Waals surface area contributed by atoms with Crippen LogP contribution in [0.3, 0.4) is 0 Å². The van der Waals surface area contributed by atoms with Crippen LogP contribution in [0.5, 0.6) is 0 Å². The molecule has 110 valence electrons. The van der Waals surface area contributed by atoms with Gasteiger partial charge in [0.25, 0.3) is 0 Å². The second-order valence-corrected chi connectivity index (χ2v) is 4.49. The molecule has 2 unspecified atom stereocenters. The third-order valence-electron chi connectivity index (χ3n) is 2.57. The van der Waals surface area contributed by atoms with Crippen LogP contribution in [0.4, 0.5) is 13.2 Å². The summed E-state index contributed by atoms with van der Waals surface area (Å²) in [6.07, 6.45) is -6.91. The number of ketones is 1. The number of aliphatic carboxylic acids is 1. The number of rotatable bonds is 4. The molecule has 0 radical (unpaired) electrons. The fraction of sp³-hybridized carbons (Fsp3) is 0.333. The minimum atomic E-state index is -4.70. The van der Waals surface area contributed by atoms with Crippen LogP contribution < -0.4 is 0 Å². The summed E-state index contributed by atoms with van der Waals surface area (Å²) in [6, 6.07) is 2.04. The predicted octanol–water partition coefficient (Wildman–Crippen LogP) is 2.69. The number of benzene rings is 1. The first-order valence-electron chi connectivity index (χ1n) is 5.32. The maximum absolute atomic E-state index is 12.6. The number of carbonyl (C=O) groups excluding carboxylic acids is 1. The van der Waals surface area contributed by atoms with Gasteiger partial charge in [-0.05, 0) is 30.2 Å². The standard InChI is InChI=1S/C12H10ClF3O4/c1-5(17)9(13)7-3-2-6(12(14,15)16)4-8(7)10(18)11(19)20/h2-4,9-10,18H,1H3,(H,19,20). The fourth-order valence-corrected chi connectivity index (χ4v) is 1.77. The van der Waals surface area contributed by atoms with E-state index in [9.17, 15) is 27.9 Å². The van der Waals surface area contributed by atoms with Gasteiger partial charge in [0.1, 0.15) is 5.38 Å². The largest absolute Gasteiger partial charge is 0.479 e. The normalized spacial score (nSPS) is 14.7. The Labute approximate surface area is 116 Å². The number of aliphatic hydroxyl groups is 1. The molecule has 20 heavy (non-hydrogen) atoms. The average molecular weight is 311 g/mol. The Hall–Kier alpha value is -1.60. The molecule has 0 aliphatic heterocycles.